The number of morpholine rings is 1. The highest BCUT2D eigenvalue weighted by Crippen LogP contribution is 2.20. The van der Waals surface area contributed by atoms with Gasteiger partial charge in [-0.15, -0.1) is 0 Å². The molecular formula is C14H21NO2. The van der Waals surface area contributed by atoms with Crippen molar-refractivity contribution in [3.63, 3.8) is 0 Å². The van der Waals surface area contributed by atoms with Gasteiger partial charge in [0.15, 0.2) is 0 Å². The van der Waals surface area contributed by atoms with Crippen LogP contribution in [0.5, 0.6) is 5.75 Å². The van der Waals surface area contributed by atoms with Gasteiger partial charge in [0.05, 0.1) is 20.3 Å². The normalized spacial score (nSPS) is 24.6. The largest absolute Gasteiger partial charge is 0.496 e. The summed E-state index contributed by atoms with van der Waals surface area (Å²) < 4.78 is 10.9. The second-order valence-corrected chi connectivity index (χ2v) is 4.65. The van der Waals surface area contributed by atoms with Crippen molar-refractivity contribution < 1.29 is 9.47 Å². The Labute approximate surface area is 103 Å². The molecule has 2 atom stereocenters. The molecule has 3 nitrogen and oxygen atoms in total. The summed E-state index contributed by atoms with van der Waals surface area (Å²) >= 11 is 0. The Hall–Kier alpha value is -1.06. The first-order valence-electron chi connectivity index (χ1n) is 6.25. The molecule has 1 aromatic carbocycles. The summed E-state index contributed by atoms with van der Waals surface area (Å²) in [6.07, 6.45) is 2.11. The van der Waals surface area contributed by atoms with Crippen LogP contribution in [-0.2, 0) is 11.2 Å². The van der Waals surface area contributed by atoms with Crippen LogP contribution in [-0.4, -0.2) is 32.4 Å². The zero-order chi connectivity index (χ0) is 12.1. The van der Waals surface area contributed by atoms with E-state index >= 15 is 0 Å². The number of benzene rings is 1. The molecule has 1 heterocycles. The Morgan fingerprint density at radius 2 is 2.18 bits per heavy atom. The summed E-state index contributed by atoms with van der Waals surface area (Å²) in [5.74, 6) is 0.984. The zero-order valence-corrected chi connectivity index (χ0v) is 10.6. The summed E-state index contributed by atoms with van der Waals surface area (Å²) in [6.45, 7) is 3.81. The molecular weight excluding hydrogens is 214 g/mol. The molecule has 0 radical (unpaired) electrons. The summed E-state index contributed by atoms with van der Waals surface area (Å²) in [5, 5.41) is 3.56. The van der Waals surface area contributed by atoms with Crippen molar-refractivity contribution in [1.29, 1.82) is 0 Å². The smallest absolute Gasteiger partial charge is 0.122 e. The van der Waals surface area contributed by atoms with Gasteiger partial charge in [0.1, 0.15) is 5.75 Å². The monoisotopic (exact) mass is 235 g/mol. The van der Waals surface area contributed by atoms with Gasteiger partial charge in [-0.1, -0.05) is 18.2 Å². The molecule has 0 spiro atoms. The molecule has 2 unspecified atom stereocenters. The van der Waals surface area contributed by atoms with Gasteiger partial charge >= 0.3 is 0 Å². The second-order valence-electron chi connectivity index (χ2n) is 4.65. The summed E-state index contributed by atoms with van der Waals surface area (Å²) in [4.78, 5) is 0. The van der Waals surface area contributed by atoms with E-state index in [1.165, 1.54) is 5.56 Å². The molecule has 1 aromatic rings. The van der Waals surface area contributed by atoms with E-state index in [-0.39, 0.29) is 0 Å². The molecule has 0 bridgehead atoms. The maximum Gasteiger partial charge on any atom is 0.122 e. The van der Waals surface area contributed by atoms with Crippen LogP contribution in [0.15, 0.2) is 24.3 Å². The molecule has 3 heteroatoms. The van der Waals surface area contributed by atoms with Crippen molar-refractivity contribution in [1.82, 2.24) is 5.32 Å². The van der Waals surface area contributed by atoms with Gasteiger partial charge < -0.3 is 14.8 Å². The van der Waals surface area contributed by atoms with Crippen LogP contribution in [0.3, 0.4) is 0 Å². The minimum absolute atomic E-state index is 0.462. The lowest BCUT2D eigenvalue weighted by atomic mass is 10.0. The first-order chi connectivity index (χ1) is 8.29. The van der Waals surface area contributed by atoms with E-state index in [0.717, 1.165) is 31.8 Å². The first-order valence-corrected chi connectivity index (χ1v) is 6.25. The van der Waals surface area contributed by atoms with E-state index in [2.05, 4.69) is 24.4 Å². The fraction of sp³-hybridized carbons (Fsp3) is 0.571. The third-order valence-corrected chi connectivity index (χ3v) is 3.16. The third-order valence-electron chi connectivity index (χ3n) is 3.16. The van der Waals surface area contributed by atoms with E-state index in [4.69, 9.17) is 9.47 Å². The van der Waals surface area contributed by atoms with Crippen LogP contribution in [0, 0.1) is 0 Å². The van der Waals surface area contributed by atoms with Crippen LogP contribution in [0.4, 0.5) is 0 Å². The lowest BCUT2D eigenvalue weighted by Gasteiger charge is -2.29. The molecule has 1 fully saturated rings. The lowest BCUT2D eigenvalue weighted by molar-refractivity contribution is 0.0483. The molecule has 1 aliphatic rings. The molecule has 1 N–H and O–H groups in total. The van der Waals surface area contributed by atoms with Crippen LogP contribution < -0.4 is 10.1 Å². The highest BCUT2D eigenvalue weighted by Gasteiger charge is 2.18. The summed E-state index contributed by atoms with van der Waals surface area (Å²) in [5.41, 5.74) is 1.27. The molecule has 1 aliphatic heterocycles. The van der Waals surface area contributed by atoms with Gasteiger partial charge in [-0.05, 0) is 31.4 Å². The van der Waals surface area contributed by atoms with Crippen molar-refractivity contribution >= 4 is 0 Å². The van der Waals surface area contributed by atoms with Crippen LogP contribution >= 0.6 is 0 Å². The van der Waals surface area contributed by atoms with Gasteiger partial charge in [0, 0.05) is 12.1 Å². The Balaban J connectivity index is 1.88. The minimum atomic E-state index is 0.462. The van der Waals surface area contributed by atoms with Crippen molar-refractivity contribution in [2.24, 2.45) is 0 Å². The van der Waals surface area contributed by atoms with Gasteiger partial charge in [0.25, 0.3) is 0 Å². The quantitative estimate of drug-likeness (QED) is 0.866. The van der Waals surface area contributed by atoms with Crippen molar-refractivity contribution in [3.8, 4) is 5.75 Å². The van der Waals surface area contributed by atoms with Crippen molar-refractivity contribution in [2.45, 2.75) is 31.8 Å². The number of hydrogen-bond acceptors (Lipinski definition) is 3. The topological polar surface area (TPSA) is 30.5 Å². The number of methoxy groups -OCH3 is 1. The lowest BCUT2D eigenvalue weighted by Crippen LogP contribution is -2.47. The molecule has 2 rings (SSSR count). The standard InChI is InChI=1S/C14H21NO2/c1-11-9-17-10-13(15-11)8-7-12-5-3-4-6-14(12)16-2/h3-6,11,13,15H,7-10H2,1-2H3. The zero-order valence-electron chi connectivity index (χ0n) is 10.6. The number of para-hydroxylation sites is 1. The number of ether oxygens (including phenoxy) is 2. The highest BCUT2D eigenvalue weighted by atomic mass is 16.5. The Morgan fingerprint density at radius 3 is 2.94 bits per heavy atom. The van der Waals surface area contributed by atoms with Crippen LogP contribution in [0.1, 0.15) is 18.9 Å². The Bertz CT molecular complexity index is 354. The predicted molar refractivity (Wildman–Crippen MR) is 68.5 cm³/mol. The summed E-state index contributed by atoms with van der Waals surface area (Å²) in [7, 11) is 1.73. The van der Waals surface area contributed by atoms with Crippen molar-refractivity contribution in [2.75, 3.05) is 20.3 Å². The average Bonchev–Trinajstić information content (AvgIpc) is 2.37. The number of hydrogen-bond donors (Lipinski definition) is 1. The predicted octanol–water partition coefficient (Wildman–Crippen LogP) is 2.00. The van der Waals surface area contributed by atoms with E-state index in [1.54, 1.807) is 7.11 Å². The molecule has 0 saturated carbocycles. The van der Waals surface area contributed by atoms with E-state index in [9.17, 15) is 0 Å². The fourth-order valence-electron chi connectivity index (χ4n) is 2.29. The summed E-state index contributed by atoms with van der Waals surface area (Å²) in [6, 6.07) is 9.14. The molecule has 94 valence electrons. The Morgan fingerprint density at radius 1 is 1.35 bits per heavy atom. The molecule has 0 amide bonds. The minimum Gasteiger partial charge on any atom is -0.496 e. The molecule has 17 heavy (non-hydrogen) atoms. The van der Waals surface area contributed by atoms with Crippen LogP contribution in [0.2, 0.25) is 0 Å². The number of nitrogens with one attached hydrogen (secondary N) is 1. The second kappa shape index (κ2) is 6.03. The first kappa shape index (κ1) is 12.4. The Kier molecular flexibility index (Phi) is 4.40. The molecule has 0 aliphatic carbocycles. The maximum atomic E-state index is 5.55. The maximum absolute atomic E-state index is 5.55. The van der Waals surface area contributed by atoms with Crippen molar-refractivity contribution in [3.05, 3.63) is 29.8 Å². The molecule has 1 saturated heterocycles. The SMILES string of the molecule is COc1ccccc1CCC1COCC(C)N1. The van der Waals surface area contributed by atoms with E-state index in [1.807, 2.05) is 12.1 Å². The van der Waals surface area contributed by atoms with E-state index in [0.29, 0.717) is 12.1 Å². The third kappa shape index (κ3) is 3.45. The van der Waals surface area contributed by atoms with E-state index < -0.39 is 0 Å². The van der Waals surface area contributed by atoms with Gasteiger partial charge in [-0.25, -0.2) is 0 Å². The molecule has 0 aromatic heterocycles. The van der Waals surface area contributed by atoms with Gasteiger partial charge in [-0.2, -0.15) is 0 Å². The average molecular weight is 235 g/mol. The number of aryl methyl sites for hydroxylation is 1. The number of rotatable bonds is 4. The highest BCUT2D eigenvalue weighted by molar-refractivity contribution is 5.33. The van der Waals surface area contributed by atoms with Crippen LogP contribution in [0.25, 0.3) is 0 Å². The van der Waals surface area contributed by atoms with Gasteiger partial charge in [-0.3, -0.25) is 0 Å². The fourth-order valence-corrected chi connectivity index (χ4v) is 2.29. The van der Waals surface area contributed by atoms with Gasteiger partial charge in [0.2, 0.25) is 0 Å².